The first-order valence-corrected chi connectivity index (χ1v) is 11.1. The van der Waals surface area contributed by atoms with Crippen LogP contribution in [0.2, 0.25) is 0 Å². The van der Waals surface area contributed by atoms with Gasteiger partial charge in [0.1, 0.15) is 0 Å². The molecule has 0 spiro atoms. The Labute approximate surface area is 181 Å². The number of aromatic nitrogens is 2. The second kappa shape index (κ2) is 8.86. The molecule has 3 aromatic carbocycles. The molecule has 0 aliphatic carbocycles. The Balaban J connectivity index is 1.67. The molecule has 0 saturated heterocycles. The van der Waals surface area contributed by atoms with E-state index < -0.39 is 10.0 Å². The molecule has 1 aromatic heterocycles. The van der Waals surface area contributed by atoms with E-state index >= 15 is 0 Å². The summed E-state index contributed by atoms with van der Waals surface area (Å²) in [6.07, 6.45) is 3.37. The van der Waals surface area contributed by atoms with Gasteiger partial charge in [-0.25, -0.2) is 13.4 Å². The molecular weight excluding hydrogens is 408 g/mol. The third-order valence-corrected chi connectivity index (χ3v) is 6.70. The highest BCUT2D eigenvalue weighted by Crippen LogP contribution is 2.26. The number of benzene rings is 3. The predicted molar refractivity (Wildman–Crippen MR) is 119 cm³/mol. The van der Waals surface area contributed by atoms with E-state index in [0.29, 0.717) is 17.8 Å². The Hall–Kier alpha value is -3.89. The zero-order chi connectivity index (χ0) is 21.7. The third kappa shape index (κ3) is 4.49. The number of para-hydroxylation sites is 1. The highest BCUT2D eigenvalue weighted by Gasteiger charge is 2.26. The lowest BCUT2D eigenvalue weighted by atomic mass is 10.1. The molecule has 0 N–H and O–H groups in total. The van der Waals surface area contributed by atoms with Gasteiger partial charge in [0, 0.05) is 12.7 Å². The Bertz CT molecular complexity index is 1290. The maximum absolute atomic E-state index is 13.5. The number of rotatable bonds is 7. The average molecular weight is 429 g/mol. The molecule has 0 aliphatic rings. The number of imidazole rings is 1. The van der Waals surface area contributed by atoms with Crippen molar-refractivity contribution in [2.45, 2.75) is 18.0 Å². The van der Waals surface area contributed by atoms with Crippen molar-refractivity contribution < 1.29 is 8.42 Å². The topological polar surface area (TPSA) is 79.0 Å². The number of hydrogen-bond donors (Lipinski definition) is 0. The summed E-state index contributed by atoms with van der Waals surface area (Å²) in [7, 11) is -3.77. The van der Waals surface area contributed by atoms with Gasteiger partial charge >= 0.3 is 0 Å². The summed E-state index contributed by atoms with van der Waals surface area (Å²) in [5.41, 5.74) is 2.93. The first-order chi connectivity index (χ1) is 15.1. The van der Waals surface area contributed by atoms with Crippen LogP contribution >= 0.6 is 0 Å². The molecule has 0 bridgehead atoms. The smallest absolute Gasteiger partial charge is 0.264 e. The minimum absolute atomic E-state index is 0.136. The van der Waals surface area contributed by atoms with Crippen LogP contribution in [0, 0.1) is 11.3 Å². The molecule has 7 heteroatoms. The Morgan fingerprint density at radius 1 is 0.903 bits per heavy atom. The molecule has 1 heterocycles. The van der Waals surface area contributed by atoms with Crippen molar-refractivity contribution in [2.24, 2.45) is 0 Å². The van der Waals surface area contributed by atoms with Crippen LogP contribution in [0.25, 0.3) is 0 Å². The van der Waals surface area contributed by atoms with Gasteiger partial charge in [0.05, 0.1) is 40.8 Å². The molecule has 0 saturated carbocycles. The molecule has 0 unspecified atom stereocenters. The molecule has 0 atom stereocenters. The molecular formula is C24H20N4O2S. The van der Waals surface area contributed by atoms with Crippen LogP contribution in [-0.4, -0.2) is 18.0 Å². The standard InChI is InChI=1S/C24H20N4O2S/c25-15-20-11-13-21(14-12-20)17-27-19-26-16-23(27)18-28(22-7-3-1-4-8-22)31(29,30)24-9-5-2-6-10-24/h1-14,16,19H,17-18H2. The minimum Gasteiger partial charge on any atom is -0.328 e. The van der Waals surface area contributed by atoms with Gasteiger partial charge in [0.25, 0.3) is 10.0 Å². The van der Waals surface area contributed by atoms with Gasteiger partial charge in [-0.2, -0.15) is 5.26 Å². The molecule has 4 aromatic rings. The molecule has 0 aliphatic heterocycles. The fourth-order valence-corrected chi connectivity index (χ4v) is 4.74. The molecule has 0 radical (unpaired) electrons. The van der Waals surface area contributed by atoms with Gasteiger partial charge in [-0.05, 0) is 42.0 Å². The van der Waals surface area contributed by atoms with Crippen molar-refractivity contribution in [1.29, 1.82) is 5.26 Å². The Morgan fingerprint density at radius 3 is 2.19 bits per heavy atom. The first kappa shape index (κ1) is 20.4. The summed E-state index contributed by atoms with van der Waals surface area (Å²) in [4.78, 5) is 4.48. The van der Waals surface area contributed by atoms with E-state index in [1.54, 1.807) is 67.1 Å². The van der Waals surface area contributed by atoms with Gasteiger partial charge in [0.2, 0.25) is 0 Å². The van der Waals surface area contributed by atoms with E-state index in [0.717, 1.165) is 11.3 Å². The summed E-state index contributed by atoms with van der Waals surface area (Å²) < 4.78 is 30.2. The fraction of sp³-hybridized carbons (Fsp3) is 0.0833. The van der Waals surface area contributed by atoms with E-state index in [1.165, 1.54) is 4.31 Å². The highest BCUT2D eigenvalue weighted by atomic mass is 32.2. The van der Waals surface area contributed by atoms with Crippen LogP contribution in [0.4, 0.5) is 5.69 Å². The van der Waals surface area contributed by atoms with E-state index in [9.17, 15) is 8.42 Å². The molecule has 4 rings (SSSR count). The van der Waals surface area contributed by atoms with Crippen LogP contribution in [0.15, 0.2) is 102 Å². The lowest BCUT2D eigenvalue weighted by Crippen LogP contribution is -2.31. The SMILES string of the molecule is N#Cc1ccc(Cn2cncc2CN(c2ccccc2)S(=O)(=O)c2ccccc2)cc1. The van der Waals surface area contributed by atoms with Crippen molar-refractivity contribution in [3.63, 3.8) is 0 Å². The van der Waals surface area contributed by atoms with Gasteiger partial charge in [0.15, 0.2) is 0 Å². The van der Waals surface area contributed by atoms with Crippen molar-refractivity contribution in [3.8, 4) is 6.07 Å². The van der Waals surface area contributed by atoms with Gasteiger partial charge < -0.3 is 4.57 Å². The molecule has 31 heavy (non-hydrogen) atoms. The zero-order valence-corrected chi connectivity index (χ0v) is 17.5. The molecule has 0 fully saturated rings. The normalized spacial score (nSPS) is 11.1. The van der Waals surface area contributed by atoms with Crippen LogP contribution in [0.1, 0.15) is 16.8 Å². The minimum atomic E-state index is -3.77. The van der Waals surface area contributed by atoms with E-state index in [-0.39, 0.29) is 11.4 Å². The van der Waals surface area contributed by atoms with E-state index in [1.807, 2.05) is 34.9 Å². The maximum Gasteiger partial charge on any atom is 0.264 e. The van der Waals surface area contributed by atoms with Crippen molar-refractivity contribution in [2.75, 3.05) is 4.31 Å². The quantitative estimate of drug-likeness (QED) is 0.442. The van der Waals surface area contributed by atoms with Crippen LogP contribution in [0.3, 0.4) is 0 Å². The summed E-state index contributed by atoms with van der Waals surface area (Å²) in [6, 6.07) is 26.9. The highest BCUT2D eigenvalue weighted by molar-refractivity contribution is 7.92. The second-order valence-electron chi connectivity index (χ2n) is 6.98. The van der Waals surface area contributed by atoms with Gasteiger partial charge in [-0.15, -0.1) is 0 Å². The number of nitriles is 1. The van der Waals surface area contributed by atoms with Gasteiger partial charge in [-0.3, -0.25) is 4.31 Å². The summed E-state index contributed by atoms with van der Waals surface area (Å²) >= 11 is 0. The first-order valence-electron chi connectivity index (χ1n) is 9.69. The zero-order valence-electron chi connectivity index (χ0n) is 16.7. The molecule has 6 nitrogen and oxygen atoms in total. The van der Waals surface area contributed by atoms with Crippen LogP contribution < -0.4 is 4.31 Å². The van der Waals surface area contributed by atoms with E-state index in [4.69, 9.17) is 5.26 Å². The Kier molecular flexibility index (Phi) is 5.83. The number of hydrogen-bond acceptors (Lipinski definition) is 4. The number of nitrogens with zero attached hydrogens (tertiary/aromatic N) is 4. The van der Waals surface area contributed by atoms with Crippen LogP contribution in [0.5, 0.6) is 0 Å². The summed E-state index contributed by atoms with van der Waals surface area (Å²) in [5.74, 6) is 0. The van der Waals surface area contributed by atoms with E-state index in [2.05, 4.69) is 11.1 Å². The monoisotopic (exact) mass is 428 g/mol. The number of sulfonamides is 1. The summed E-state index contributed by atoms with van der Waals surface area (Å²) in [5, 5.41) is 8.98. The summed E-state index contributed by atoms with van der Waals surface area (Å²) in [6.45, 7) is 0.659. The largest absolute Gasteiger partial charge is 0.328 e. The fourth-order valence-electron chi connectivity index (χ4n) is 3.28. The van der Waals surface area contributed by atoms with Gasteiger partial charge in [-0.1, -0.05) is 48.5 Å². The van der Waals surface area contributed by atoms with Crippen molar-refractivity contribution >= 4 is 15.7 Å². The Morgan fingerprint density at radius 2 is 1.55 bits per heavy atom. The maximum atomic E-state index is 13.5. The second-order valence-corrected chi connectivity index (χ2v) is 8.84. The third-order valence-electron chi connectivity index (χ3n) is 4.92. The lowest BCUT2D eigenvalue weighted by molar-refractivity contribution is 0.588. The van der Waals surface area contributed by atoms with Crippen LogP contribution in [-0.2, 0) is 23.1 Å². The molecule has 0 amide bonds. The molecule has 154 valence electrons. The lowest BCUT2D eigenvalue weighted by Gasteiger charge is -2.25. The van der Waals surface area contributed by atoms with Crippen molar-refractivity contribution in [3.05, 3.63) is 114 Å². The number of anilines is 1. The predicted octanol–water partition coefficient (Wildman–Crippen LogP) is 4.20. The van der Waals surface area contributed by atoms with Crippen molar-refractivity contribution in [1.82, 2.24) is 9.55 Å². The average Bonchev–Trinajstić information content (AvgIpc) is 3.25.